The molecule has 1 atom stereocenters. The van der Waals surface area contributed by atoms with Gasteiger partial charge in [-0.2, -0.15) is 0 Å². The van der Waals surface area contributed by atoms with Crippen molar-refractivity contribution < 1.29 is 9.59 Å². The Balaban J connectivity index is 1.70. The second kappa shape index (κ2) is 6.51. The monoisotopic (exact) mass is 300 g/mol. The summed E-state index contributed by atoms with van der Waals surface area (Å²) in [6.07, 6.45) is 4.97. The van der Waals surface area contributed by atoms with Gasteiger partial charge in [0, 0.05) is 25.7 Å². The van der Waals surface area contributed by atoms with E-state index in [9.17, 15) is 9.59 Å². The van der Waals surface area contributed by atoms with Gasteiger partial charge in [0.05, 0.1) is 0 Å². The first-order valence-corrected chi connectivity index (χ1v) is 8.37. The zero-order chi connectivity index (χ0) is 15.5. The van der Waals surface area contributed by atoms with Gasteiger partial charge in [-0.1, -0.05) is 31.2 Å². The van der Waals surface area contributed by atoms with E-state index in [-0.39, 0.29) is 17.9 Å². The maximum atomic E-state index is 12.6. The fourth-order valence-electron chi connectivity index (χ4n) is 3.62. The number of fused-ring (bicyclic) bond motifs is 1. The summed E-state index contributed by atoms with van der Waals surface area (Å²) in [5, 5.41) is 0. The highest BCUT2D eigenvalue weighted by Crippen LogP contribution is 2.22. The average molecular weight is 300 g/mol. The normalized spacial score (nSPS) is 21.4. The molecule has 2 aliphatic heterocycles. The van der Waals surface area contributed by atoms with Crippen LogP contribution in [-0.2, 0) is 22.6 Å². The van der Waals surface area contributed by atoms with Crippen LogP contribution in [-0.4, -0.2) is 40.7 Å². The molecule has 2 amide bonds. The molecular formula is C18H24N2O2. The summed E-state index contributed by atoms with van der Waals surface area (Å²) in [5.41, 5.74) is 2.46. The lowest BCUT2D eigenvalue weighted by Crippen LogP contribution is -2.51. The van der Waals surface area contributed by atoms with Gasteiger partial charge < -0.3 is 9.80 Å². The Kier molecular flexibility index (Phi) is 4.46. The molecule has 0 saturated carbocycles. The Hall–Kier alpha value is -1.84. The first-order chi connectivity index (χ1) is 10.7. The van der Waals surface area contributed by atoms with E-state index in [0.29, 0.717) is 13.1 Å². The molecule has 0 aromatic heterocycles. The Bertz CT molecular complexity index is 570. The first kappa shape index (κ1) is 15.1. The van der Waals surface area contributed by atoms with Crippen LogP contribution in [0, 0.1) is 0 Å². The lowest BCUT2D eigenvalue weighted by atomic mass is 9.98. The lowest BCUT2D eigenvalue weighted by molar-refractivity contribution is -0.154. The van der Waals surface area contributed by atoms with Crippen molar-refractivity contribution >= 4 is 11.8 Å². The number of likely N-dealkylation sites (tertiary alicyclic amines) is 1. The van der Waals surface area contributed by atoms with Crippen LogP contribution in [0.15, 0.2) is 24.3 Å². The van der Waals surface area contributed by atoms with Crippen molar-refractivity contribution in [2.75, 3.05) is 13.1 Å². The number of benzene rings is 1. The summed E-state index contributed by atoms with van der Waals surface area (Å²) in [5.74, 6) is -0.624. The SMILES string of the molecule is CCC1CCCCN1C(=O)C(=O)N1CCc2ccccc2C1. The van der Waals surface area contributed by atoms with Crippen LogP contribution < -0.4 is 0 Å². The van der Waals surface area contributed by atoms with E-state index in [1.807, 2.05) is 17.0 Å². The predicted octanol–water partition coefficient (Wildman–Crippen LogP) is 2.36. The molecule has 2 heterocycles. The topological polar surface area (TPSA) is 40.6 Å². The van der Waals surface area contributed by atoms with Crippen molar-refractivity contribution in [2.24, 2.45) is 0 Å². The Morgan fingerprint density at radius 2 is 1.86 bits per heavy atom. The van der Waals surface area contributed by atoms with Gasteiger partial charge in [-0.05, 0) is 43.2 Å². The number of nitrogens with zero attached hydrogens (tertiary/aromatic N) is 2. The van der Waals surface area contributed by atoms with Crippen molar-refractivity contribution in [3.05, 3.63) is 35.4 Å². The minimum absolute atomic E-state index is 0.238. The molecule has 0 bridgehead atoms. The molecule has 0 N–H and O–H groups in total. The number of carbonyl (C=O) groups is 2. The van der Waals surface area contributed by atoms with Crippen LogP contribution >= 0.6 is 0 Å². The van der Waals surface area contributed by atoms with Crippen molar-refractivity contribution in [3.8, 4) is 0 Å². The third-order valence-electron chi connectivity index (χ3n) is 4.96. The molecule has 118 valence electrons. The van der Waals surface area contributed by atoms with Gasteiger partial charge >= 0.3 is 11.8 Å². The summed E-state index contributed by atoms with van der Waals surface area (Å²) in [6, 6.07) is 8.42. The lowest BCUT2D eigenvalue weighted by Gasteiger charge is -2.36. The summed E-state index contributed by atoms with van der Waals surface area (Å²) < 4.78 is 0. The second-order valence-electron chi connectivity index (χ2n) is 6.30. The quantitative estimate of drug-likeness (QED) is 0.747. The summed E-state index contributed by atoms with van der Waals surface area (Å²) >= 11 is 0. The van der Waals surface area contributed by atoms with Crippen LogP contribution in [0.25, 0.3) is 0 Å². The zero-order valence-electron chi connectivity index (χ0n) is 13.3. The summed E-state index contributed by atoms with van der Waals surface area (Å²) in [6.45, 7) is 4.03. The Morgan fingerprint density at radius 1 is 1.09 bits per heavy atom. The van der Waals surface area contributed by atoms with E-state index in [4.69, 9.17) is 0 Å². The Morgan fingerprint density at radius 3 is 2.64 bits per heavy atom. The predicted molar refractivity (Wildman–Crippen MR) is 85.2 cm³/mol. The number of carbonyl (C=O) groups excluding carboxylic acids is 2. The van der Waals surface area contributed by atoms with Crippen LogP contribution in [0.5, 0.6) is 0 Å². The minimum Gasteiger partial charge on any atom is -0.331 e. The number of amides is 2. The molecular weight excluding hydrogens is 276 g/mol. The molecule has 0 aliphatic carbocycles. The van der Waals surface area contributed by atoms with E-state index in [0.717, 1.165) is 38.6 Å². The molecule has 0 spiro atoms. The molecule has 1 unspecified atom stereocenters. The van der Waals surface area contributed by atoms with Crippen molar-refractivity contribution in [1.29, 1.82) is 0 Å². The van der Waals surface area contributed by atoms with Gasteiger partial charge in [0.15, 0.2) is 0 Å². The van der Waals surface area contributed by atoms with E-state index in [1.165, 1.54) is 11.1 Å². The highest BCUT2D eigenvalue weighted by atomic mass is 16.2. The van der Waals surface area contributed by atoms with Gasteiger partial charge in [-0.15, -0.1) is 0 Å². The molecule has 4 nitrogen and oxygen atoms in total. The summed E-state index contributed by atoms with van der Waals surface area (Å²) in [7, 11) is 0. The smallest absolute Gasteiger partial charge is 0.312 e. The fraction of sp³-hybridized carbons (Fsp3) is 0.556. The van der Waals surface area contributed by atoms with E-state index in [2.05, 4.69) is 19.1 Å². The van der Waals surface area contributed by atoms with Crippen LogP contribution in [0.3, 0.4) is 0 Å². The second-order valence-corrected chi connectivity index (χ2v) is 6.30. The van der Waals surface area contributed by atoms with Crippen LogP contribution in [0.2, 0.25) is 0 Å². The maximum Gasteiger partial charge on any atom is 0.312 e. The van der Waals surface area contributed by atoms with Gasteiger partial charge in [0.25, 0.3) is 0 Å². The molecule has 1 fully saturated rings. The number of rotatable bonds is 1. The fourth-order valence-corrected chi connectivity index (χ4v) is 3.62. The van der Waals surface area contributed by atoms with E-state index >= 15 is 0 Å². The zero-order valence-corrected chi connectivity index (χ0v) is 13.3. The minimum atomic E-state index is -0.324. The van der Waals surface area contributed by atoms with Gasteiger partial charge in [-0.3, -0.25) is 9.59 Å². The van der Waals surface area contributed by atoms with Crippen LogP contribution in [0.4, 0.5) is 0 Å². The molecule has 2 aliphatic rings. The van der Waals surface area contributed by atoms with Crippen molar-refractivity contribution in [1.82, 2.24) is 9.80 Å². The summed E-state index contributed by atoms with van der Waals surface area (Å²) in [4.78, 5) is 28.7. The molecule has 1 aromatic rings. The van der Waals surface area contributed by atoms with Gasteiger partial charge in [-0.25, -0.2) is 0 Å². The Labute approximate surface area is 132 Å². The van der Waals surface area contributed by atoms with Crippen molar-refractivity contribution in [2.45, 2.75) is 51.6 Å². The number of piperidine rings is 1. The third-order valence-corrected chi connectivity index (χ3v) is 4.96. The van der Waals surface area contributed by atoms with Crippen molar-refractivity contribution in [3.63, 3.8) is 0 Å². The van der Waals surface area contributed by atoms with Gasteiger partial charge in [0.2, 0.25) is 0 Å². The molecule has 0 radical (unpaired) electrons. The van der Waals surface area contributed by atoms with E-state index < -0.39 is 0 Å². The molecule has 4 heteroatoms. The van der Waals surface area contributed by atoms with Gasteiger partial charge in [0.1, 0.15) is 0 Å². The van der Waals surface area contributed by atoms with E-state index in [1.54, 1.807) is 4.90 Å². The molecule has 3 rings (SSSR count). The molecule has 1 aromatic carbocycles. The number of hydrogen-bond donors (Lipinski definition) is 0. The molecule has 22 heavy (non-hydrogen) atoms. The highest BCUT2D eigenvalue weighted by Gasteiger charge is 2.33. The standard InChI is InChI=1S/C18H24N2O2/c1-2-16-9-5-6-11-20(16)18(22)17(21)19-12-10-14-7-3-4-8-15(14)13-19/h3-4,7-8,16H,2,5-6,9-13H2,1H3. The average Bonchev–Trinajstić information content (AvgIpc) is 2.60. The molecule has 1 saturated heterocycles. The maximum absolute atomic E-state index is 12.6. The number of hydrogen-bond acceptors (Lipinski definition) is 2. The highest BCUT2D eigenvalue weighted by molar-refractivity contribution is 6.35. The third kappa shape index (κ3) is 2.87. The largest absolute Gasteiger partial charge is 0.331 e. The van der Waals surface area contributed by atoms with Crippen LogP contribution in [0.1, 0.15) is 43.7 Å². The first-order valence-electron chi connectivity index (χ1n) is 8.37.